The summed E-state index contributed by atoms with van der Waals surface area (Å²) in [6, 6.07) is -2.51. The number of nitrogens with two attached hydrogens (primary N) is 1. The van der Waals surface area contributed by atoms with Gasteiger partial charge in [0.1, 0.15) is 19.3 Å². The molecular weight excluding hydrogens is 608 g/mol. The van der Waals surface area contributed by atoms with Gasteiger partial charge in [-0.25, -0.2) is 4.79 Å². The number of aliphatic hydroxyl groups is 1. The first-order valence-electron chi connectivity index (χ1n) is 14.0. The number of ether oxygens (including phenoxy) is 4. The van der Waals surface area contributed by atoms with Gasteiger partial charge in [0.2, 0.25) is 29.5 Å². The molecule has 2 atom stereocenters. The van der Waals surface area contributed by atoms with Gasteiger partial charge in [0, 0.05) is 38.4 Å². The molecular formula is C25H46N6O12S. The van der Waals surface area contributed by atoms with Gasteiger partial charge in [-0.15, -0.1) is 11.8 Å². The highest BCUT2D eigenvalue weighted by Gasteiger charge is 2.22. The number of carbonyl (C=O) groups is 6. The van der Waals surface area contributed by atoms with E-state index < -0.39 is 30.6 Å². The van der Waals surface area contributed by atoms with Crippen molar-refractivity contribution < 1.29 is 57.9 Å². The fourth-order valence-corrected chi connectivity index (χ4v) is 3.61. The molecule has 0 bridgehead atoms. The molecule has 0 aliphatic heterocycles. The number of hydrogen-bond acceptors (Lipinski definition) is 13. The molecule has 0 rings (SSSR count). The van der Waals surface area contributed by atoms with Crippen molar-refractivity contribution in [3.8, 4) is 0 Å². The largest absolute Gasteiger partial charge is 0.480 e. The first-order chi connectivity index (χ1) is 21.1. The molecule has 0 saturated heterocycles. The second-order valence-corrected chi connectivity index (χ2v) is 9.82. The average Bonchev–Trinajstić information content (AvgIpc) is 2.99. The summed E-state index contributed by atoms with van der Waals surface area (Å²) in [6.45, 7) is 3.27. The molecule has 0 aromatic carbocycles. The molecule has 18 nitrogen and oxygen atoms in total. The maximum absolute atomic E-state index is 11.9. The van der Waals surface area contributed by atoms with E-state index >= 15 is 0 Å². The monoisotopic (exact) mass is 654 g/mol. The first kappa shape index (κ1) is 40.9. The Hall–Kier alpha value is -3.07. The third-order valence-corrected chi connectivity index (χ3v) is 6.16. The summed E-state index contributed by atoms with van der Waals surface area (Å²) in [5, 5.41) is 30.3. The maximum Gasteiger partial charge on any atom is 0.328 e. The predicted molar refractivity (Wildman–Crippen MR) is 158 cm³/mol. The van der Waals surface area contributed by atoms with Crippen molar-refractivity contribution in [1.82, 2.24) is 26.6 Å². The van der Waals surface area contributed by atoms with Gasteiger partial charge in [0.15, 0.2) is 0 Å². The second kappa shape index (κ2) is 27.5. The van der Waals surface area contributed by atoms with E-state index in [1.807, 2.05) is 0 Å². The van der Waals surface area contributed by atoms with Gasteiger partial charge < -0.3 is 61.5 Å². The van der Waals surface area contributed by atoms with Crippen molar-refractivity contribution in [2.75, 3.05) is 97.1 Å². The number of nitrogens with one attached hydrogen (secondary N) is 5. The van der Waals surface area contributed by atoms with Crippen LogP contribution in [0.15, 0.2) is 0 Å². The van der Waals surface area contributed by atoms with Crippen molar-refractivity contribution in [3.63, 3.8) is 0 Å². The lowest BCUT2D eigenvalue weighted by Crippen LogP contribution is -2.50. The lowest BCUT2D eigenvalue weighted by atomic mass is 10.2. The quantitative estimate of drug-likeness (QED) is 0.0370. The van der Waals surface area contributed by atoms with Crippen molar-refractivity contribution in [3.05, 3.63) is 0 Å². The van der Waals surface area contributed by atoms with E-state index in [4.69, 9.17) is 34.9 Å². The minimum absolute atomic E-state index is 0.00360. The molecule has 0 aliphatic carbocycles. The number of hydrogen-bond donors (Lipinski definition) is 8. The third-order valence-electron chi connectivity index (χ3n) is 5.10. The average molecular weight is 655 g/mol. The number of carboxylic acids is 1. The Morgan fingerprint density at radius 2 is 1.18 bits per heavy atom. The van der Waals surface area contributed by atoms with E-state index in [9.17, 15) is 28.8 Å². The van der Waals surface area contributed by atoms with E-state index in [-0.39, 0.29) is 94.4 Å². The molecule has 254 valence electrons. The van der Waals surface area contributed by atoms with Crippen molar-refractivity contribution in [2.24, 2.45) is 5.73 Å². The van der Waals surface area contributed by atoms with Crippen LogP contribution in [0, 0.1) is 0 Å². The van der Waals surface area contributed by atoms with Crippen LogP contribution in [0.5, 0.6) is 0 Å². The van der Waals surface area contributed by atoms with Crippen LogP contribution in [0.3, 0.4) is 0 Å². The summed E-state index contributed by atoms with van der Waals surface area (Å²) in [6.07, 6.45) is 0.421. The Kier molecular flexibility index (Phi) is 25.6. The van der Waals surface area contributed by atoms with E-state index in [0.29, 0.717) is 26.2 Å². The molecule has 0 aromatic heterocycles. The van der Waals surface area contributed by atoms with E-state index in [1.54, 1.807) is 6.92 Å². The molecule has 9 N–H and O–H groups in total. The Balaban J connectivity index is 3.58. The number of rotatable bonds is 28. The van der Waals surface area contributed by atoms with Gasteiger partial charge in [-0.05, 0) is 0 Å². The summed E-state index contributed by atoms with van der Waals surface area (Å²) in [5.74, 6) is -3.16. The summed E-state index contributed by atoms with van der Waals surface area (Å²) in [5.41, 5.74) is 5.66. The van der Waals surface area contributed by atoms with Crippen LogP contribution in [0.1, 0.15) is 13.3 Å². The number of carbonyl (C=O) groups excluding carboxylic acids is 5. The highest BCUT2D eigenvalue weighted by atomic mass is 32.2. The molecule has 5 amide bonds. The Labute approximate surface area is 260 Å². The predicted octanol–water partition coefficient (Wildman–Crippen LogP) is -4.45. The minimum Gasteiger partial charge on any atom is -0.480 e. The van der Waals surface area contributed by atoms with Crippen LogP contribution < -0.4 is 32.3 Å². The van der Waals surface area contributed by atoms with E-state index in [2.05, 4.69) is 26.6 Å². The first-order valence-corrected chi connectivity index (χ1v) is 15.1. The molecule has 0 unspecified atom stereocenters. The number of amides is 5. The van der Waals surface area contributed by atoms with Crippen LogP contribution in [-0.2, 0) is 47.7 Å². The Bertz CT molecular complexity index is 869. The molecule has 0 aliphatic rings. The number of aliphatic carboxylic acids is 1. The van der Waals surface area contributed by atoms with Gasteiger partial charge in [-0.2, -0.15) is 0 Å². The van der Waals surface area contributed by atoms with Gasteiger partial charge in [-0.3, -0.25) is 24.0 Å². The number of thioether (sulfide) groups is 1. The molecule has 0 saturated carbocycles. The fourth-order valence-electron chi connectivity index (χ4n) is 2.80. The summed E-state index contributed by atoms with van der Waals surface area (Å²) >= 11 is 1.07. The highest BCUT2D eigenvalue weighted by molar-refractivity contribution is 8.00. The molecule has 0 fully saturated rings. The van der Waals surface area contributed by atoms with Crippen LogP contribution >= 0.6 is 11.8 Å². The van der Waals surface area contributed by atoms with Gasteiger partial charge in [0.05, 0.1) is 58.0 Å². The normalized spacial score (nSPS) is 12.1. The molecule has 0 spiro atoms. The zero-order valence-electron chi connectivity index (χ0n) is 24.9. The molecule has 44 heavy (non-hydrogen) atoms. The smallest absolute Gasteiger partial charge is 0.328 e. The van der Waals surface area contributed by atoms with Crippen LogP contribution in [0.4, 0.5) is 0 Å². The maximum atomic E-state index is 11.9. The van der Waals surface area contributed by atoms with Gasteiger partial charge >= 0.3 is 5.97 Å². The number of carboxylic acid groups (broad SMARTS) is 1. The van der Waals surface area contributed by atoms with Gasteiger partial charge in [0.25, 0.3) is 0 Å². The van der Waals surface area contributed by atoms with Crippen molar-refractivity contribution in [1.29, 1.82) is 0 Å². The second-order valence-electron chi connectivity index (χ2n) is 8.79. The summed E-state index contributed by atoms with van der Waals surface area (Å²) < 4.78 is 21.0. The summed E-state index contributed by atoms with van der Waals surface area (Å²) in [7, 11) is 0. The molecule has 0 radical (unpaired) electrons. The lowest BCUT2D eigenvalue weighted by Gasteiger charge is -2.15. The standard InChI is InChI=1S/C25H46N6O12S/c1-2-20(33)29-5-7-40-9-12-43-15-22(35)30-6-8-41-10-11-42-14-21(34)27-3-4-28-23(36)17-44-16-18(26)24(37)31-19(13-32)25(38)39/h18-19,32H,2-17,26H2,1H3,(H,27,34)(H,28,36)(H,29,33)(H,30,35)(H,31,37)(H,38,39)/t18-,19-/m0/s1. The SMILES string of the molecule is CCC(=O)NCCOCCOCC(=O)NCCOCCOCC(=O)NCCNC(=O)CSC[C@H](N)C(=O)N[C@@H](CO)C(=O)O. The highest BCUT2D eigenvalue weighted by Crippen LogP contribution is 2.02. The Morgan fingerprint density at radius 3 is 1.68 bits per heavy atom. The van der Waals surface area contributed by atoms with Crippen molar-refractivity contribution in [2.45, 2.75) is 25.4 Å². The topological polar surface area (TPSA) is 266 Å². The van der Waals surface area contributed by atoms with E-state index in [0.717, 1.165) is 11.8 Å². The third kappa shape index (κ3) is 24.4. The number of aliphatic hydroxyl groups excluding tert-OH is 1. The van der Waals surface area contributed by atoms with Crippen LogP contribution in [0.2, 0.25) is 0 Å². The van der Waals surface area contributed by atoms with Crippen molar-refractivity contribution >= 4 is 47.3 Å². The molecule has 0 aromatic rings. The molecule has 0 heterocycles. The van der Waals surface area contributed by atoms with E-state index in [1.165, 1.54) is 0 Å². The van der Waals surface area contributed by atoms with Crippen LogP contribution in [0.25, 0.3) is 0 Å². The summed E-state index contributed by atoms with van der Waals surface area (Å²) in [4.78, 5) is 69.0. The minimum atomic E-state index is -1.45. The fraction of sp³-hybridized carbons (Fsp3) is 0.760. The zero-order chi connectivity index (χ0) is 33.0. The molecule has 19 heteroatoms. The lowest BCUT2D eigenvalue weighted by molar-refractivity contribution is -0.143. The van der Waals surface area contributed by atoms with Gasteiger partial charge in [-0.1, -0.05) is 6.92 Å². The zero-order valence-corrected chi connectivity index (χ0v) is 25.7. The van der Waals surface area contributed by atoms with Crippen LogP contribution in [-0.4, -0.2) is 155 Å². The Morgan fingerprint density at radius 1 is 0.705 bits per heavy atom.